The van der Waals surface area contributed by atoms with Crippen LogP contribution < -0.4 is 20.7 Å². The molecule has 8 nitrogen and oxygen atoms in total. The predicted molar refractivity (Wildman–Crippen MR) is 199 cm³/mol. The lowest BCUT2D eigenvalue weighted by atomic mass is 10.0. The zero-order chi connectivity index (χ0) is 34.2. The Bertz CT molecular complexity index is 2110. The number of thiazole rings is 1. The van der Waals surface area contributed by atoms with Gasteiger partial charge in [0, 0.05) is 16.1 Å². The summed E-state index contributed by atoms with van der Waals surface area (Å²) >= 11 is 2.78. The highest BCUT2D eigenvalue weighted by Gasteiger charge is 2.18. The first-order chi connectivity index (χ1) is 23.8. The Morgan fingerprint density at radius 3 is 2.16 bits per heavy atom. The van der Waals surface area contributed by atoms with Gasteiger partial charge in [0.2, 0.25) is 5.91 Å². The van der Waals surface area contributed by atoms with E-state index in [1.54, 1.807) is 49.6 Å². The second kappa shape index (κ2) is 15.5. The minimum absolute atomic E-state index is 0.0957. The first-order valence-electron chi connectivity index (χ1n) is 15.4. The molecule has 0 aliphatic rings. The maximum Gasteiger partial charge on any atom is 0.272 e. The van der Waals surface area contributed by atoms with Crippen LogP contribution in [-0.4, -0.2) is 35.1 Å². The topological polar surface area (TPSA) is 109 Å². The average Bonchev–Trinajstić information content (AvgIpc) is 3.54. The number of rotatable bonds is 11. The Kier molecular flexibility index (Phi) is 10.5. The highest BCUT2D eigenvalue weighted by atomic mass is 32.2. The van der Waals surface area contributed by atoms with Crippen LogP contribution in [-0.2, 0) is 9.59 Å². The van der Waals surface area contributed by atoms with Crippen molar-refractivity contribution in [1.29, 1.82) is 0 Å². The van der Waals surface area contributed by atoms with E-state index in [0.29, 0.717) is 16.4 Å². The Morgan fingerprint density at radius 1 is 0.796 bits per heavy atom. The summed E-state index contributed by atoms with van der Waals surface area (Å²) in [4.78, 5) is 44.9. The number of hydrogen-bond donors (Lipinski definition) is 3. The van der Waals surface area contributed by atoms with Crippen molar-refractivity contribution in [2.45, 2.75) is 17.1 Å². The largest absolute Gasteiger partial charge is 0.497 e. The summed E-state index contributed by atoms with van der Waals surface area (Å²) in [6, 6.07) is 39.3. The van der Waals surface area contributed by atoms with Crippen LogP contribution in [0.4, 0.5) is 10.8 Å². The monoisotopic (exact) mass is 684 g/mol. The Hall–Kier alpha value is -5.71. The average molecular weight is 685 g/mol. The van der Waals surface area contributed by atoms with Crippen LogP contribution in [0.25, 0.3) is 27.4 Å². The number of fused-ring (bicyclic) bond motifs is 1. The van der Waals surface area contributed by atoms with Gasteiger partial charge in [0.25, 0.3) is 11.8 Å². The number of carbonyl (C=O) groups is 3. The van der Waals surface area contributed by atoms with E-state index in [1.165, 1.54) is 23.1 Å². The number of hydrogen-bond acceptors (Lipinski definition) is 7. The van der Waals surface area contributed by atoms with Gasteiger partial charge in [-0.05, 0) is 84.3 Å². The highest BCUT2D eigenvalue weighted by Crippen LogP contribution is 2.31. The molecule has 0 aliphatic heterocycles. The molecule has 244 valence electrons. The van der Waals surface area contributed by atoms with E-state index in [4.69, 9.17) is 4.74 Å². The number of aromatic nitrogens is 1. The maximum atomic E-state index is 13.5. The Balaban J connectivity index is 1.12. The van der Waals surface area contributed by atoms with Crippen molar-refractivity contribution in [3.05, 3.63) is 144 Å². The second-order valence-corrected chi connectivity index (χ2v) is 13.4. The Labute approximate surface area is 292 Å². The number of nitrogens with zero attached hydrogens (tertiary/aromatic N) is 1. The highest BCUT2D eigenvalue weighted by molar-refractivity contribution is 8.00. The lowest BCUT2D eigenvalue weighted by Crippen LogP contribution is -2.30. The first-order valence-corrected chi connectivity index (χ1v) is 17.1. The van der Waals surface area contributed by atoms with Crippen LogP contribution in [0.2, 0.25) is 0 Å². The van der Waals surface area contributed by atoms with Crippen LogP contribution in [0.3, 0.4) is 0 Å². The van der Waals surface area contributed by atoms with Gasteiger partial charge in [0.1, 0.15) is 11.4 Å². The summed E-state index contributed by atoms with van der Waals surface area (Å²) in [7, 11) is 1.61. The lowest BCUT2D eigenvalue weighted by Gasteiger charge is -2.13. The number of benzene rings is 5. The predicted octanol–water partition coefficient (Wildman–Crippen LogP) is 8.50. The number of thioether (sulfide) groups is 1. The van der Waals surface area contributed by atoms with E-state index in [2.05, 4.69) is 20.9 Å². The van der Waals surface area contributed by atoms with Gasteiger partial charge in [0.05, 0.1) is 22.6 Å². The molecule has 0 saturated heterocycles. The van der Waals surface area contributed by atoms with Crippen LogP contribution >= 0.6 is 23.1 Å². The van der Waals surface area contributed by atoms with E-state index in [1.807, 2.05) is 97.9 Å². The summed E-state index contributed by atoms with van der Waals surface area (Å²) in [5.41, 5.74) is 4.73. The van der Waals surface area contributed by atoms with Crippen molar-refractivity contribution in [2.75, 3.05) is 17.7 Å². The first kappa shape index (κ1) is 33.2. The van der Waals surface area contributed by atoms with Crippen LogP contribution in [0.5, 0.6) is 5.75 Å². The molecule has 0 radical (unpaired) electrons. The zero-order valence-corrected chi connectivity index (χ0v) is 28.3. The van der Waals surface area contributed by atoms with Gasteiger partial charge in [-0.15, -0.1) is 11.8 Å². The molecular formula is C39H32N4O4S2. The fourth-order valence-corrected chi connectivity index (χ4v) is 6.64. The number of ether oxygens (including phenoxy) is 1. The van der Waals surface area contributed by atoms with Crippen molar-refractivity contribution in [1.82, 2.24) is 10.3 Å². The SMILES string of the molecule is COc1ccc2nc(NC(=O)C(C)Sc3ccc(NC(=O)/C(=C/c4ccc(-c5ccccc5)cc4)NC(=O)c4ccccc4)cc3)sc2c1. The van der Waals surface area contributed by atoms with Gasteiger partial charge in [-0.25, -0.2) is 4.98 Å². The van der Waals surface area contributed by atoms with Crippen molar-refractivity contribution < 1.29 is 19.1 Å². The van der Waals surface area contributed by atoms with Crippen LogP contribution in [0.1, 0.15) is 22.8 Å². The van der Waals surface area contributed by atoms with Gasteiger partial charge in [-0.1, -0.05) is 84.1 Å². The molecule has 1 aromatic heterocycles. The molecule has 6 aromatic rings. The van der Waals surface area contributed by atoms with Crippen LogP contribution in [0, 0.1) is 0 Å². The summed E-state index contributed by atoms with van der Waals surface area (Å²) in [6.07, 6.45) is 1.65. The van der Waals surface area contributed by atoms with E-state index in [-0.39, 0.29) is 11.6 Å². The molecule has 10 heteroatoms. The third kappa shape index (κ3) is 8.61. The molecule has 1 unspecified atom stereocenters. The summed E-state index contributed by atoms with van der Waals surface area (Å²) in [5, 5.41) is 8.69. The molecule has 49 heavy (non-hydrogen) atoms. The quantitative estimate of drug-likeness (QED) is 0.0933. The molecule has 6 rings (SSSR count). The van der Waals surface area contributed by atoms with Crippen molar-refractivity contribution in [3.63, 3.8) is 0 Å². The summed E-state index contributed by atoms with van der Waals surface area (Å²) in [5.74, 6) is -0.310. The normalized spacial score (nSPS) is 11.8. The molecule has 0 fully saturated rings. The second-order valence-electron chi connectivity index (χ2n) is 10.9. The maximum absolute atomic E-state index is 13.5. The van der Waals surface area contributed by atoms with Gasteiger partial charge in [-0.2, -0.15) is 0 Å². The van der Waals surface area contributed by atoms with Crippen molar-refractivity contribution >= 4 is 67.9 Å². The van der Waals surface area contributed by atoms with Gasteiger partial charge in [-0.3, -0.25) is 14.4 Å². The van der Waals surface area contributed by atoms with Crippen molar-refractivity contribution in [3.8, 4) is 16.9 Å². The molecule has 3 amide bonds. The van der Waals surface area contributed by atoms with Crippen molar-refractivity contribution in [2.24, 2.45) is 0 Å². The molecular weight excluding hydrogens is 653 g/mol. The summed E-state index contributed by atoms with van der Waals surface area (Å²) < 4.78 is 6.20. The minimum atomic E-state index is -0.474. The smallest absolute Gasteiger partial charge is 0.272 e. The number of nitrogens with one attached hydrogen (secondary N) is 3. The van der Waals surface area contributed by atoms with E-state index in [0.717, 1.165) is 37.6 Å². The third-order valence-corrected chi connectivity index (χ3v) is 9.52. The number of amides is 3. The minimum Gasteiger partial charge on any atom is -0.497 e. The fourth-order valence-electron chi connectivity index (χ4n) is 4.88. The molecule has 0 saturated carbocycles. The summed E-state index contributed by atoms with van der Waals surface area (Å²) in [6.45, 7) is 1.82. The standard InChI is InChI=1S/C39H32N4O4S2/c1-25(36(44)43-39-42-33-22-19-31(47-2)24-35(33)49-39)48-32-20-17-30(18-21-32)40-38(46)34(41-37(45)29-11-7-4-8-12-29)23-26-13-15-28(16-14-26)27-9-5-3-6-10-27/h3-25H,1-2H3,(H,40,46)(H,41,45)(H,42,43,44)/b34-23-. The van der Waals surface area contributed by atoms with E-state index >= 15 is 0 Å². The van der Waals surface area contributed by atoms with Gasteiger partial charge < -0.3 is 20.7 Å². The van der Waals surface area contributed by atoms with E-state index in [9.17, 15) is 14.4 Å². The van der Waals surface area contributed by atoms with Gasteiger partial charge in [0.15, 0.2) is 5.13 Å². The molecule has 0 bridgehead atoms. The number of anilines is 2. The number of methoxy groups -OCH3 is 1. The fraction of sp³-hybridized carbons (Fsp3) is 0.0769. The molecule has 1 heterocycles. The molecule has 1 atom stereocenters. The zero-order valence-electron chi connectivity index (χ0n) is 26.7. The molecule has 0 aliphatic carbocycles. The van der Waals surface area contributed by atoms with Crippen LogP contribution in [0.15, 0.2) is 138 Å². The Morgan fingerprint density at radius 2 is 1.47 bits per heavy atom. The third-order valence-electron chi connectivity index (χ3n) is 7.48. The molecule has 3 N–H and O–H groups in total. The molecule has 0 spiro atoms. The van der Waals surface area contributed by atoms with E-state index < -0.39 is 17.1 Å². The number of carbonyl (C=O) groups excluding carboxylic acids is 3. The van der Waals surface area contributed by atoms with Gasteiger partial charge >= 0.3 is 0 Å². The lowest BCUT2D eigenvalue weighted by molar-refractivity contribution is -0.115. The molecule has 5 aromatic carbocycles.